The maximum absolute atomic E-state index is 12.1. The molecule has 0 fully saturated rings. The lowest BCUT2D eigenvalue weighted by Crippen LogP contribution is -2.40. The van der Waals surface area contributed by atoms with E-state index < -0.39 is 22.0 Å². The van der Waals surface area contributed by atoms with E-state index in [1.807, 2.05) is 6.07 Å². The second-order valence-corrected chi connectivity index (χ2v) is 7.26. The molecule has 128 valence electrons. The van der Waals surface area contributed by atoms with Gasteiger partial charge in [-0.15, -0.1) is 0 Å². The topological polar surface area (TPSA) is 82.1 Å². The van der Waals surface area contributed by atoms with Crippen molar-refractivity contribution in [2.45, 2.75) is 18.9 Å². The van der Waals surface area contributed by atoms with E-state index in [1.165, 1.54) is 18.5 Å². The number of hydrogen-bond donors (Lipinski definition) is 0. The highest BCUT2D eigenvalue weighted by Crippen LogP contribution is 2.40. The minimum absolute atomic E-state index is 0.0496. The molecule has 0 amide bonds. The molecule has 8 heteroatoms. The third-order valence-electron chi connectivity index (χ3n) is 3.97. The van der Waals surface area contributed by atoms with Crippen molar-refractivity contribution in [1.29, 1.82) is 0 Å². The number of sulfonamides is 1. The molecule has 1 aromatic carbocycles. The van der Waals surface area contributed by atoms with Crippen molar-refractivity contribution in [1.82, 2.24) is 4.31 Å². The van der Waals surface area contributed by atoms with Gasteiger partial charge in [-0.05, 0) is 29.7 Å². The summed E-state index contributed by atoms with van der Waals surface area (Å²) in [6.07, 6.45) is 1.63. The molecule has 0 aromatic heterocycles. The van der Waals surface area contributed by atoms with Crippen LogP contribution in [0.25, 0.3) is 0 Å². The lowest BCUT2D eigenvalue weighted by molar-refractivity contribution is -0.141. The molecule has 1 heterocycles. The maximum atomic E-state index is 12.1. The van der Waals surface area contributed by atoms with Crippen LogP contribution >= 0.6 is 0 Å². The van der Waals surface area contributed by atoms with E-state index in [-0.39, 0.29) is 6.42 Å². The Morgan fingerprint density at radius 2 is 1.83 bits per heavy atom. The Balaban J connectivity index is 2.55. The normalized spacial score (nSPS) is 18.2. The summed E-state index contributed by atoms with van der Waals surface area (Å²) in [5, 5.41) is 0. The summed E-state index contributed by atoms with van der Waals surface area (Å²) in [6.45, 7) is 0.309. The number of benzene rings is 1. The Kier molecular flexibility index (Phi) is 5.16. The Bertz CT molecular complexity index is 700. The number of ether oxygens (including phenoxy) is 3. The quantitative estimate of drug-likeness (QED) is 0.745. The van der Waals surface area contributed by atoms with Crippen molar-refractivity contribution in [3.63, 3.8) is 0 Å². The van der Waals surface area contributed by atoms with Crippen LogP contribution in [0.4, 0.5) is 0 Å². The van der Waals surface area contributed by atoms with Crippen LogP contribution in [0.3, 0.4) is 0 Å². The minimum Gasteiger partial charge on any atom is -0.493 e. The summed E-state index contributed by atoms with van der Waals surface area (Å²) in [5.41, 5.74) is 1.68. The molecule has 0 aliphatic carbocycles. The summed E-state index contributed by atoms with van der Waals surface area (Å²) in [5.74, 6) is 0.610. The van der Waals surface area contributed by atoms with E-state index >= 15 is 0 Å². The number of esters is 1. The number of carbonyl (C=O) groups is 1. The van der Waals surface area contributed by atoms with Gasteiger partial charge in [0.05, 0.1) is 40.0 Å². The second-order valence-electron chi connectivity index (χ2n) is 5.33. The standard InChI is InChI=1S/C15H21NO6S/c1-20-13-7-10-5-6-16(23(4,18)19)12(9-15(17)22-3)11(10)8-14(13)21-2/h7-8,12H,5-6,9H2,1-4H3. The first-order chi connectivity index (χ1) is 10.8. The fraction of sp³-hybridized carbons (Fsp3) is 0.533. The Hall–Kier alpha value is -1.80. The van der Waals surface area contributed by atoms with Crippen molar-refractivity contribution in [2.75, 3.05) is 34.1 Å². The van der Waals surface area contributed by atoms with Gasteiger partial charge in [-0.1, -0.05) is 0 Å². The van der Waals surface area contributed by atoms with E-state index in [0.29, 0.717) is 24.5 Å². The molecule has 1 aliphatic rings. The van der Waals surface area contributed by atoms with Crippen LogP contribution in [-0.4, -0.2) is 52.8 Å². The number of fused-ring (bicyclic) bond motifs is 1. The first-order valence-electron chi connectivity index (χ1n) is 7.10. The molecule has 0 saturated carbocycles. The molecule has 1 unspecified atom stereocenters. The van der Waals surface area contributed by atoms with Crippen molar-refractivity contribution in [3.05, 3.63) is 23.3 Å². The molecule has 0 N–H and O–H groups in total. The van der Waals surface area contributed by atoms with Gasteiger partial charge >= 0.3 is 5.97 Å². The van der Waals surface area contributed by atoms with Crippen molar-refractivity contribution < 1.29 is 27.4 Å². The first-order valence-corrected chi connectivity index (χ1v) is 8.95. The third kappa shape index (κ3) is 3.59. The van der Waals surface area contributed by atoms with Crippen LogP contribution in [0.1, 0.15) is 23.6 Å². The molecule has 1 aliphatic heterocycles. The van der Waals surface area contributed by atoms with E-state index in [0.717, 1.165) is 17.4 Å². The Morgan fingerprint density at radius 3 is 2.35 bits per heavy atom. The average molecular weight is 343 g/mol. The summed E-state index contributed by atoms with van der Waals surface area (Å²) >= 11 is 0. The maximum Gasteiger partial charge on any atom is 0.307 e. The molecule has 0 radical (unpaired) electrons. The Labute approximate surface area is 136 Å². The van der Waals surface area contributed by atoms with Crippen LogP contribution in [-0.2, 0) is 26.0 Å². The number of methoxy groups -OCH3 is 3. The Morgan fingerprint density at radius 1 is 1.22 bits per heavy atom. The predicted octanol–water partition coefficient (Wildman–Crippen LogP) is 1.13. The fourth-order valence-electron chi connectivity index (χ4n) is 2.86. The minimum atomic E-state index is -3.45. The van der Waals surface area contributed by atoms with Gasteiger partial charge in [0, 0.05) is 6.54 Å². The number of carbonyl (C=O) groups excluding carboxylic acids is 1. The van der Waals surface area contributed by atoms with Crippen LogP contribution in [0.2, 0.25) is 0 Å². The van der Waals surface area contributed by atoms with Gasteiger partial charge in [-0.25, -0.2) is 8.42 Å². The van der Waals surface area contributed by atoms with E-state index in [4.69, 9.17) is 14.2 Å². The summed E-state index contributed by atoms with van der Waals surface area (Å²) in [4.78, 5) is 11.7. The van der Waals surface area contributed by atoms with Gasteiger partial charge in [0.25, 0.3) is 0 Å². The second kappa shape index (κ2) is 6.76. The molecule has 1 aromatic rings. The van der Waals surface area contributed by atoms with Crippen LogP contribution in [0, 0.1) is 0 Å². The van der Waals surface area contributed by atoms with Crippen molar-refractivity contribution >= 4 is 16.0 Å². The molecular weight excluding hydrogens is 322 g/mol. The van der Waals surface area contributed by atoms with E-state index in [9.17, 15) is 13.2 Å². The van der Waals surface area contributed by atoms with Gasteiger partial charge in [0.15, 0.2) is 11.5 Å². The molecule has 0 bridgehead atoms. The first kappa shape index (κ1) is 17.6. The lowest BCUT2D eigenvalue weighted by atomic mass is 9.91. The highest BCUT2D eigenvalue weighted by Gasteiger charge is 2.35. The molecule has 2 rings (SSSR count). The van der Waals surface area contributed by atoms with Crippen molar-refractivity contribution in [2.24, 2.45) is 0 Å². The van der Waals surface area contributed by atoms with E-state index in [1.54, 1.807) is 13.2 Å². The molecule has 0 saturated heterocycles. The van der Waals surface area contributed by atoms with Crippen LogP contribution in [0.5, 0.6) is 11.5 Å². The zero-order valence-electron chi connectivity index (χ0n) is 13.7. The zero-order chi connectivity index (χ0) is 17.2. The summed E-state index contributed by atoms with van der Waals surface area (Å²) in [6, 6.07) is 2.96. The molecule has 7 nitrogen and oxygen atoms in total. The van der Waals surface area contributed by atoms with Crippen LogP contribution in [0.15, 0.2) is 12.1 Å². The number of nitrogens with zero attached hydrogens (tertiary/aromatic N) is 1. The van der Waals surface area contributed by atoms with E-state index in [2.05, 4.69) is 0 Å². The highest BCUT2D eigenvalue weighted by atomic mass is 32.2. The van der Waals surface area contributed by atoms with Gasteiger partial charge < -0.3 is 14.2 Å². The monoisotopic (exact) mass is 343 g/mol. The molecular formula is C15H21NO6S. The third-order valence-corrected chi connectivity index (χ3v) is 5.26. The number of hydrogen-bond acceptors (Lipinski definition) is 6. The smallest absolute Gasteiger partial charge is 0.307 e. The average Bonchev–Trinajstić information content (AvgIpc) is 2.52. The molecule has 1 atom stereocenters. The predicted molar refractivity (Wildman–Crippen MR) is 84.2 cm³/mol. The molecule has 23 heavy (non-hydrogen) atoms. The summed E-state index contributed by atoms with van der Waals surface area (Å²) in [7, 11) is 0.884. The fourth-order valence-corrected chi connectivity index (χ4v) is 3.93. The van der Waals surface area contributed by atoms with Gasteiger partial charge in [-0.3, -0.25) is 4.79 Å². The lowest BCUT2D eigenvalue weighted by Gasteiger charge is -2.35. The SMILES string of the molecule is COC(=O)CC1c2cc(OC)c(OC)cc2CCN1S(C)(=O)=O. The van der Waals surface area contributed by atoms with Gasteiger partial charge in [-0.2, -0.15) is 4.31 Å². The largest absolute Gasteiger partial charge is 0.493 e. The highest BCUT2D eigenvalue weighted by molar-refractivity contribution is 7.88. The van der Waals surface area contributed by atoms with Crippen LogP contribution < -0.4 is 9.47 Å². The van der Waals surface area contributed by atoms with Gasteiger partial charge in [0.2, 0.25) is 10.0 Å². The van der Waals surface area contributed by atoms with Gasteiger partial charge in [0.1, 0.15) is 0 Å². The summed E-state index contributed by atoms with van der Waals surface area (Å²) < 4.78 is 40.8. The zero-order valence-corrected chi connectivity index (χ0v) is 14.5. The number of rotatable bonds is 5. The van der Waals surface area contributed by atoms with Crippen molar-refractivity contribution in [3.8, 4) is 11.5 Å². The molecule has 0 spiro atoms.